The van der Waals surface area contributed by atoms with Crippen molar-refractivity contribution in [3.63, 3.8) is 0 Å². The monoisotopic (exact) mass is 404 g/mol. The standard InChI is InChI=1S/C24H24N2O4/c1-5-29-21(27)23(15-25,19-11-7-17(3)8-12-19)24(16-26,22(28)30-6-2)20-13-9-18(4)10-14-20/h7-14H,5-6H2,1-4H3/t23-,24+. The van der Waals surface area contributed by atoms with Crippen LogP contribution < -0.4 is 0 Å². The van der Waals surface area contributed by atoms with Gasteiger partial charge in [0.2, 0.25) is 10.8 Å². The Labute approximate surface area is 176 Å². The first-order chi connectivity index (χ1) is 14.3. The van der Waals surface area contributed by atoms with Crippen LogP contribution in [-0.4, -0.2) is 25.2 Å². The first kappa shape index (κ1) is 22.6. The number of nitriles is 2. The molecule has 0 heterocycles. The predicted molar refractivity (Wildman–Crippen MR) is 110 cm³/mol. The van der Waals surface area contributed by atoms with E-state index in [1.54, 1.807) is 62.4 Å². The molecule has 6 nitrogen and oxygen atoms in total. The molecule has 0 aliphatic rings. The van der Waals surface area contributed by atoms with Gasteiger partial charge in [0.25, 0.3) is 0 Å². The van der Waals surface area contributed by atoms with Crippen molar-refractivity contribution in [2.45, 2.75) is 38.5 Å². The molecule has 0 N–H and O–H groups in total. The van der Waals surface area contributed by atoms with Crippen LogP contribution in [0.1, 0.15) is 36.1 Å². The molecule has 0 saturated heterocycles. The fourth-order valence-corrected chi connectivity index (χ4v) is 3.45. The second kappa shape index (κ2) is 9.24. The molecule has 0 aliphatic heterocycles. The summed E-state index contributed by atoms with van der Waals surface area (Å²) in [5, 5.41) is 20.8. The Hall–Kier alpha value is -3.64. The Morgan fingerprint density at radius 3 is 1.27 bits per heavy atom. The number of carbonyl (C=O) groups is 2. The third kappa shape index (κ3) is 3.53. The lowest BCUT2D eigenvalue weighted by Gasteiger charge is -2.38. The van der Waals surface area contributed by atoms with Crippen molar-refractivity contribution >= 4 is 11.9 Å². The minimum atomic E-state index is -2.27. The quantitative estimate of drug-likeness (QED) is 0.653. The normalized spacial score (nSPS) is 14.3. The van der Waals surface area contributed by atoms with E-state index in [1.165, 1.54) is 0 Å². The zero-order valence-corrected chi connectivity index (χ0v) is 17.6. The summed E-state index contributed by atoms with van der Waals surface area (Å²) in [5.74, 6) is -1.96. The molecule has 0 spiro atoms. The molecular formula is C24H24N2O4. The fraction of sp³-hybridized carbons (Fsp3) is 0.333. The summed E-state index contributed by atoms with van der Waals surface area (Å²) in [5.41, 5.74) is -2.39. The number of hydrogen-bond acceptors (Lipinski definition) is 6. The maximum Gasteiger partial charge on any atom is 0.333 e. The molecular weight excluding hydrogens is 380 g/mol. The van der Waals surface area contributed by atoms with Crippen LogP contribution in [0.3, 0.4) is 0 Å². The SMILES string of the molecule is CCOC(=O)[C@@](C#N)(c1ccc(C)cc1)[C@](C#N)(C(=O)OCC)c1ccc(C)cc1. The van der Waals surface area contributed by atoms with Gasteiger partial charge >= 0.3 is 11.9 Å². The largest absolute Gasteiger partial charge is 0.464 e. The Kier molecular flexibility index (Phi) is 6.97. The van der Waals surface area contributed by atoms with E-state index in [-0.39, 0.29) is 24.3 Å². The highest BCUT2D eigenvalue weighted by Gasteiger charge is 2.67. The number of aryl methyl sites for hydroxylation is 2. The molecule has 2 aromatic rings. The number of esters is 2. The van der Waals surface area contributed by atoms with E-state index in [9.17, 15) is 20.1 Å². The summed E-state index contributed by atoms with van der Waals surface area (Å²) in [4.78, 5) is 26.7. The van der Waals surface area contributed by atoms with Gasteiger partial charge in [0.1, 0.15) is 0 Å². The Balaban J connectivity index is 3.01. The Morgan fingerprint density at radius 2 is 1.03 bits per heavy atom. The van der Waals surface area contributed by atoms with E-state index in [2.05, 4.69) is 0 Å². The minimum Gasteiger partial charge on any atom is -0.464 e. The zero-order valence-electron chi connectivity index (χ0n) is 17.6. The first-order valence-electron chi connectivity index (χ1n) is 9.65. The average Bonchev–Trinajstić information content (AvgIpc) is 2.74. The van der Waals surface area contributed by atoms with E-state index in [0.29, 0.717) is 0 Å². The van der Waals surface area contributed by atoms with Crippen LogP contribution >= 0.6 is 0 Å². The van der Waals surface area contributed by atoms with Crippen LogP contribution in [0.25, 0.3) is 0 Å². The van der Waals surface area contributed by atoms with Crippen molar-refractivity contribution in [3.8, 4) is 12.1 Å². The molecule has 0 amide bonds. The van der Waals surface area contributed by atoms with E-state index in [1.807, 2.05) is 26.0 Å². The van der Waals surface area contributed by atoms with E-state index in [4.69, 9.17) is 9.47 Å². The van der Waals surface area contributed by atoms with E-state index < -0.39 is 22.8 Å². The molecule has 0 fully saturated rings. The topological polar surface area (TPSA) is 100 Å². The summed E-state index contributed by atoms with van der Waals surface area (Å²) in [6.45, 7) is 6.85. The molecule has 0 radical (unpaired) electrons. The summed E-state index contributed by atoms with van der Waals surface area (Å²) < 4.78 is 10.5. The molecule has 0 bridgehead atoms. The van der Waals surface area contributed by atoms with Gasteiger partial charge in [-0.15, -0.1) is 0 Å². The minimum absolute atomic E-state index is 0.0215. The molecule has 30 heavy (non-hydrogen) atoms. The van der Waals surface area contributed by atoms with Crippen molar-refractivity contribution in [2.24, 2.45) is 0 Å². The molecule has 6 heteroatoms. The first-order valence-corrected chi connectivity index (χ1v) is 9.65. The number of rotatable bonds is 7. The maximum absolute atomic E-state index is 13.3. The van der Waals surface area contributed by atoms with Gasteiger partial charge in [-0.2, -0.15) is 10.5 Å². The highest BCUT2D eigenvalue weighted by molar-refractivity contribution is 6.02. The summed E-state index contributed by atoms with van der Waals surface area (Å²) in [7, 11) is 0. The van der Waals surface area contributed by atoms with Crippen molar-refractivity contribution in [1.29, 1.82) is 10.5 Å². The lowest BCUT2D eigenvalue weighted by molar-refractivity contribution is -0.160. The van der Waals surface area contributed by atoms with Crippen molar-refractivity contribution in [3.05, 3.63) is 70.8 Å². The number of nitrogens with zero attached hydrogens (tertiary/aromatic N) is 2. The van der Waals surface area contributed by atoms with E-state index >= 15 is 0 Å². The molecule has 2 rings (SSSR count). The number of ether oxygens (including phenoxy) is 2. The second-order valence-corrected chi connectivity index (χ2v) is 6.90. The number of hydrogen-bond donors (Lipinski definition) is 0. The van der Waals surface area contributed by atoms with Crippen molar-refractivity contribution < 1.29 is 19.1 Å². The van der Waals surface area contributed by atoms with Crippen LogP contribution in [0.5, 0.6) is 0 Å². The molecule has 154 valence electrons. The predicted octanol–water partition coefficient (Wildman–Crippen LogP) is 3.65. The van der Waals surface area contributed by atoms with Gasteiger partial charge in [0.15, 0.2) is 0 Å². The lowest BCUT2D eigenvalue weighted by Crippen LogP contribution is -2.58. The highest BCUT2D eigenvalue weighted by Crippen LogP contribution is 2.46. The molecule has 0 unspecified atom stereocenters. The Bertz CT molecular complexity index is 916. The van der Waals surface area contributed by atoms with Crippen LogP contribution in [0.4, 0.5) is 0 Å². The molecule has 0 aromatic heterocycles. The third-order valence-corrected chi connectivity index (χ3v) is 5.03. The summed E-state index contributed by atoms with van der Waals surface area (Å²) in [6, 6.07) is 17.1. The van der Waals surface area contributed by atoms with Gasteiger partial charge in [-0.25, -0.2) is 9.59 Å². The van der Waals surface area contributed by atoms with Gasteiger partial charge in [0.05, 0.1) is 25.4 Å². The van der Waals surface area contributed by atoms with Gasteiger partial charge in [-0.1, -0.05) is 59.7 Å². The van der Waals surface area contributed by atoms with E-state index in [0.717, 1.165) is 11.1 Å². The fourth-order valence-electron chi connectivity index (χ4n) is 3.45. The third-order valence-electron chi connectivity index (χ3n) is 5.03. The van der Waals surface area contributed by atoms with Gasteiger partial charge in [-0.05, 0) is 38.8 Å². The number of carbonyl (C=O) groups excluding carboxylic acids is 2. The summed E-state index contributed by atoms with van der Waals surface area (Å²) in [6.07, 6.45) is 0. The van der Waals surface area contributed by atoms with Crippen LogP contribution in [0, 0.1) is 36.5 Å². The molecule has 2 atom stereocenters. The zero-order chi connectivity index (χ0) is 22.4. The highest BCUT2D eigenvalue weighted by atomic mass is 16.5. The lowest BCUT2D eigenvalue weighted by atomic mass is 9.57. The van der Waals surface area contributed by atoms with Crippen molar-refractivity contribution in [1.82, 2.24) is 0 Å². The molecule has 0 aliphatic carbocycles. The number of benzene rings is 2. The smallest absolute Gasteiger partial charge is 0.333 e. The van der Waals surface area contributed by atoms with Gasteiger partial charge < -0.3 is 9.47 Å². The van der Waals surface area contributed by atoms with Gasteiger partial charge in [0, 0.05) is 0 Å². The van der Waals surface area contributed by atoms with Crippen LogP contribution in [0.15, 0.2) is 48.5 Å². The van der Waals surface area contributed by atoms with Gasteiger partial charge in [-0.3, -0.25) is 0 Å². The average molecular weight is 404 g/mol. The van der Waals surface area contributed by atoms with Crippen molar-refractivity contribution in [2.75, 3.05) is 13.2 Å². The molecule has 0 saturated carbocycles. The second-order valence-electron chi connectivity index (χ2n) is 6.90. The molecule has 2 aromatic carbocycles. The maximum atomic E-state index is 13.3. The Morgan fingerprint density at radius 1 is 0.733 bits per heavy atom. The summed E-state index contributed by atoms with van der Waals surface area (Å²) >= 11 is 0. The van der Waals surface area contributed by atoms with Crippen LogP contribution in [0.2, 0.25) is 0 Å². The van der Waals surface area contributed by atoms with Crippen LogP contribution in [-0.2, 0) is 29.9 Å².